The minimum atomic E-state index is -0.301. The standard InChI is InChI=1S/C19H22N2O3S/c1-23-13-14-24-17-10-6-5-9-16(17)18(22)21-19(25)20-12-11-15-7-3-2-4-8-15/h2-10H,11-14H2,1H3,(H2,20,21,22,25). The molecule has 0 aromatic heterocycles. The molecule has 0 heterocycles. The molecule has 0 unspecified atom stereocenters. The third-order valence-electron chi connectivity index (χ3n) is 3.45. The molecule has 0 spiro atoms. The number of hydrogen-bond acceptors (Lipinski definition) is 4. The molecule has 0 radical (unpaired) electrons. The van der Waals surface area contributed by atoms with Gasteiger partial charge in [-0.25, -0.2) is 0 Å². The van der Waals surface area contributed by atoms with E-state index in [9.17, 15) is 4.79 Å². The number of ether oxygens (including phenoxy) is 2. The number of amides is 1. The van der Waals surface area contributed by atoms with E-state index in [1.54, 1.807) is 25.3 Å². The molecule has 1 amide bonds. The van der Waals surface area contributed by atoms with Gasteiger partial charge in [0.15, 0.2) is 5.11 Å². The van der Waals surface area contributed by atoms with Crippen molar-refractivity contribution in [2.24, 2.45) is 0 Å². The second-order valence-electron chi connectivity index (χ2n) is 5.28. The highest BCUT2D eigenvalue weighted by Crippen LogP contribution is 2.17. The zero-order valence-corrected chi connectivity index (χ0v) is 15.0. The van der Waals surface area contributed by atoms with E-state index < -0.39 is 0 Å². The summed E-state index contributed by atoms with van der Waals surface area (Å²) < 4.78 is 10.5. The van der Waals surface area contributed by atoms with Crippen molar-refractivity contribution < 1.29 is 14.3 Å². The number of rotatable bonds is 8. The molecule has 2 N–H and O–H groups in total. The highest BCUT2D eigenvalue weighted by molar-refractivity contribution is 7.80. The summed E-state index contributed by atoms with van der Waals surface area (Å²) in [7, 11) is 1.60. The third-order valence-corrected chi connectivity index (χ3v) is 3.69. The van der Waals surface area contributed by atoms with Gasteiger partial charge in [-0.1, -0.05) is 42.5 Å². The van der Waals surface area contributed by atoms with Gasteiger partial charge >= 0.3 is 0 Å². The van der Waals surface area contributed by atoms with Crippen LogP contribution in [0.5, 0.6) is 5.75 Å². The normalized spacial score (nSPS) is 10.1. The van der Waals surface area contributed by atoms with Crippen LogP contribution in [-0.4, -0.2) is 37.9 Å². The van der Waals surface area contributed by atoms with Gasteiger partial charge in [0, 0.05) is 13.7 Å². The predicted octanol–water partition coefficient (Wildman–Crippen LogP) is 2.56. The number of thiocarbonyl (C=S) groups is 1. The Labute approximate surface area is 153 Å². The smallest absolute Gasteiger partial charge is 0.261 e. The highest BCUT2D eigenvalue weighted by atomic mass is 32.1. The fourth-order valence-corrected chi connectivity index (χ4v) is 2.39. The van der Waals surface area contributed by atoms with Crippen LogP contribution in [0.4, 0.5) is 0 Å². The Hall–Kier alpha value is -2.44. The fourth-order valence-electron chi connectivity index (χ4n) is 2.19. The van der Waals surface area contributed by atoms with E-state index in [2.05, 4.69) is 22.8 Å². The van der Waals surface area contributed by atoms with Crippen LogP contribution in [0, 0.1) is 0 Å². The average Bonchev–Trinajstić information content (AvgIpc) is 2.63. The Bertz CT molecular complexity index is 692. The Balaban J connectivity index is 1.83. The lowest BCUT2D eigenvalue weighted by Crippen LogP contribution is -2.40. The molecular formula is C19H22N2O3S. The average molecular weight is 358 g/mol. The second kappa shape index (κ2) is 10.4. The summed E-state index contributed by atoms with van der Waals surface area (Å²) in [5, 5.41) is 6.02. The summed E-state index contributed by atoms with van der Waals surface area (Å²) in [5.74, 6) is 0.203. The van der Waals surface area contributed by atoms with E-state index in [4.69, 9.17) is 21.7 Å². The molecular weight excluding hydrogens is 336 g/mol. The zero-order chi connectivity index (χ0) is 17.9. The SMILES string of the molecule is COCCOc1ccccc1C(=O)NC(=S)NCCc1ccccc1. The maximum absolute atomic E-state index is 12.4. The highest BCUT2D eigenvalue weighted by Gasteiger charge is 2.13. The lowest BCUT2D eigenvalue weighted by atomic mass is 10.1. The first-order chi connectivity index (χ1) is 12.2. The molecule has 0 aliphatic carbocycles. The number of para-hydroxylation sites is 1. The Morgan fingerprint density at radius 2 is 1.76 bits per heavy atom. The monoisotopic (exact) mass is 358 g/mol. The molecule has 132 valence electrons. The maximum atomic E-state index is 12.4. The van der Waals surface area contributed by atoms with Crippen LogP contribution in [0.25, 0.3) is 0 Å². The molecule has 0 aliphatic heterocycles. The molecule has 0 saturated heterocycles. The molecule has 2 aromatic carbocycles. The van der Waals surface area contributed by atoms with Crippen molar-refractivity contribution >= 4 is 23.2 Å². The number of benzene rings is 2. The van der Waals surface area contributed by atoms with Gasteiger partial charge in [-0.15, -0.1) is 0 Å². The van der Waals surface area contributed by atoms with Gasteiger partial charge in [0.2, 0.25) is 0 Å². The molecule has 25 heavy (non-hydrogen) atoms. The summed E-state index contributed by atoms with van der Waals surface area (Å²) in [6, 6.07) is 17.1. The zero-order valence-electron chi connectivity index (χ0n) is 14.2. The van der Waals surface area contributed by atoms with Gasteiger partial charge < -0.3 is 14.8 Å². The lowest BCUT2D eigenvalue weighted by molar-refractivity contribution is 0.0969. The van der Waals surface area contributed by atoms with Crippen molar-refractivity contribution in [3.05, 3.63) is 65.7 Å². The summed E-state index contributed by atoms with van der Waals surface area (Å²) >= 11 is 5.19. The van der Waals surface area contributed by atoms with Gasteiger partial charge in [-0.05, 0) is 36.3 Å². The van der Waals surface area contributed by atoms with Crippen molar-refractivity contribution in [1.82, 2.24) is 10.6 Å². The van der Waals surface area contributed by atoms with Crippen LogP contribution in [-0.2, 0) is 11.2 Å². The Morgan fingerprint density at radius 3 is 2.52 bits per heavy atom. The van der Waals surface area contributed by atoms with Crippen molar-refractivity contribution in [3.63, 3.8) is 0 Å². The lowest BCUT2D eigenvalue weighted by Gasteiger charge is -2.13. The van der Waals surface area contributed by atoms with Crippen LogP contribution in [0.1, 0.15) is 15.9 Å². The number of hydrogen-bond donors (Lipinski definition) is 2. The van der Waals surface area contributed by atoms with Gasteiger partial charge in [-0.3, -0.25) is 10.1 Å². The Kier molecular flexibility index (Phi) is 7.88. The van der Waals surface area contributed by atoms with E-state index in [-0.39, 0.29) is 5.91 Å². The number of carbonyl (C=O) groups excluding carboxylic acids is 1. The molecule has 6 heteroatoms. The topological polar surface area (TPSA) is 59.6 Å². The van der Waals surface area contributed by atoms with Crippen LogP contribution >= 0.6 is 12.2 Å². The second-order valence-corrected chi connectivity index (χ2v) is 5.69. The summed E-state index contributed by atoms with van der Waals surface area (Å²) in [5.41, 5.74) is 1.65. The van der Waals surface area contributed by atoms with E-state index >= 15 is 0 Å². The van der Waals surface area contributed by atoms with Crippen LogP contribution < -0.4 is 15.4 Å². The first-order valence-electron chi connectivity index (χ1n) is 8.04. The van der Waals surface area contributed by atoms with E-state index in [1.807, 2.05) is 24.3 Å². The quantitative estimate of drug-likeness (QED) is 0.561. The van der Waals surface area contributed by atoms with Gasteiger partial charge in [0.1, 0.15) is 12.4 Å². The van der Waals surface area contributed by atoms with Gasteiger partial charge in [0.05, 0.1) is 12.2 Å². The molecule has 2 rings (SSSR count). The van der Waals surface area contributed by atoms with Crippen molar-refractivity contribution in [2.45, 2.75) is 6.42 Å². The van der Waals surface area contributed by atoms with Crippen molar-refractivity contribution in [1.29, 1.82) is 0 Å². The van der Waals surface area contributed by atoms with Crippen LogP contribution in [0.3, 0.4) is 0 Å². The molecule has 5 nitrogen and oxygen atoms in total. The van der Waals surface area contributed by atoms with Crippen LogP contribution in [0.15, 0.2) is 54.6 Å². The number of nitrogens with one attached hydrogen (secondary N) is 2. The largest absolute Gasteiger partial charge is 0.490 e. The van der Waals surface area contributed by atoms with Gasteiger partial charge in [0.25, 0.3) is 5.91 Å². The molecule has 0 aliphatic rings. The Morgan fingerprint density at radius 1 is 1.04 bits per heavy atom. The third kappa shape index (κ3) is 6.52. The summed E-state index contributed by atoms with van der Waals surface area (Å²) in [4.78, 5) is 12.4. The van der Waals surface area contributed by atoms with Crippen molar-refractivity contribution in [2.75, 3.05) is 26.9 Å². The van der Waals surface area contributed by atoms with Crippen LogP contribution in [0.2, 0.25) is 0 Å². The van der Waals surface area contributed by atoms with E-state index in [1.165, 1.54) is 5.56 Å². The minimum Gasteiger partial charge on any atom is -0.490 e. The summed E-state index contributed by atoms with van der Waals surface area (Å²) in [6.07, 6.45) is 0.827. The van der Waals surface area contributed by atoms with Gasteiger partial charge in [-0.2, -0.15) is 0 Å². The molecule has 0 saturated carbocycles. The first kappa shape index (κ1) is 18.9. The number of carbonyl (C=O) groups is 1. The van der Waals surface area contributed by atoms with E-state index in [0.717, 1.165) is 6.42 Å². The summed E-state index contributed by atoms with van der Waals surface area (Å²) in [6.45, 7) is 1.48. The van der Waals surface area contributed by atoms with E-state index in [0.29, 0.717) is 36.2 Å². The molecule has 0 fully saturated rings. The fraction of sp³-hybridized carbons (Fsp3) is 0.263. The molecule has 0 bridgehead atoms. The predicted molar refractivity (Wildman–Crippen MR) is 102 cm³/mol. The number of methoxy groups -OCH3 is 1. The molecule has 2 aromatic rings. The van der Waals surface area contributed by atoms with Crippen molar-refractivity contribution in [3.8, 4) is 5.75 Å². The molecule has 0 atom stereocenters. The first-order valence-corrected chi connectivity index (χ1v) is 8.45. The maximum Gasteiger partial charge on any atom is 0.261 e. The minimum absolute atomic E-state index is 0.299.